The summed E-state index contributed by atoms with van der Waals surface area (Å²) in [5, 5.41) is 0. The van der Waals surface area contributed by atoms with Crippen molar-refractivity contribution in [1.82, 2.24) is 0 Å². The van der Waals surface area contributed by atoms with Crippen LogP contribution in [0.4, 0.5) is 4.39 Å². The molecule has 0 aliphatic carbocycles. The van der Waals surface area contributed by atoms with Crippen LogP contribution in [-0.2, 0) is 4.74 Å². The molecule has 0 unspecified atom stereocenters. The minimum Gasteiger partial charge on any atom is -0.456 e. The van der Waals surface area contributed by atoms with Gasteiger partial charge in [-0.2, -0.15) is 0 Å². The summed E-state index contributed by atoms with van der Waals surface area (Å²) in [7, 11) is 0. The molecule has 0 N–H and O–H groups in total. The van der Waals surface area contributed by atoms with E-state index < -0.39 is 11.8 Å². The maximum Gasteiger partial charge on any atom is 0.344 e. The molecule has 12 heavy (non-hydrogen) atoms. The second-order valence-electron chi connectivity index (χ2n) is 2.33. The molecule has 62 valence electrons. The van der Waals surface area contributed by atoms with E-state index in [1.807, 2.05) is 0 Å². The van der Waals surface area contributed by atoms with Gasteiger partial charge in [-0.15, -0.1) is 0 Å². The first kappa shape index (κ1) is 7.09. The molecule has 1 aliphatic heterocycles. The Hall–Kier alpha value is -1.58. The highest BCUT2D eigenvalue weighted by atomic mass is 19.1. The van der Waals surface area contributed by atoms with E-state index in [0.717, 1.165) is 6.07 Å². The van der Waals surface area contributed by atoms with Gasteiger partial charge in [-0.25, -0.2) is 9.18 Å². The molecule has 1 aromatic carbocycles. The minimum atomic E-state index is -0.546. The number of fused-ring (bicyclic) bond motifs is 1. The molecular weight excluding hydrogens is 163 g/mol. The van der Waals surface area contributed by atoms with E-state index in [-0.39, 0.29) is 12.4 Å². The molecule has 4 heteroatoms. The van der Waals surface area contributed by atoms with Crippen LogP contribution >= 0.6 is 0 Å². The Labute approximate surface area is 67.7 Å². The van der Waals surface area contributed by atoms with Crippen LogP contribution in [0.5, 0.6) is 5.75 Å². The highest BCUT2D eigenvalue weighted by molar-refractivity contribution is 5.93. The molecule has 0 saturated heterocycles. The second kappa shape index (κ2) is 2.48. The van der Waals surface area contributed by atoms with Gasteiger partial charge < -0.3 is 9.47 Å². The normalized spacial score (nSPS) is 14.6. The number of rotatable bonds is 0. The van der Waals surface area contributed by atoms with E-state index in [1.54, 1.807) is 0 Å². The van der Waals surface area contributed by atoms with Crippen LogP contribution in [0.25, 0.3) is 0 Å². The summed E-state index contributed by atoms with van der Waals surface area (Å²) in [5.74, 6) is -0.653. The molecule has 2 rings (SSSR count). The molecule has 0 amide bonds. The van der Waals surface area contributed by atoms with Gasteiger partial charge in [0.25, 0.3) is 0 Å². The standard InChI is InChI=1S/C8H5FO3/c9-5-1-2-7-6(3-5)8(10)12-4-11-7/h1-3H,4H2. The van der Waals surface area contributed by atoms with Crippen molar-refractivity contribution in [3.63, 3.8) is 0 Å². The first-order chi connectivity index (χ1) is 5.77. The number of carbonyl (C=O) groups is 1. The molecule has 0 spiro atoms. The van der Waals surface area contributed by atoms with Crippen LogP contribution in [0.15, 0.2) is 18.2 Å². The summed E-state index contributed by atoms with van der Waals surface area (Å²) >= 11 is 0. The number of carbonyl (C=O) groups excluding carboxylic acids is 1. The summed E-state index contributed by atoms with van der Waals surface area (Å²) in [4.78, 5) is 11.0. The Morgan fingerprint density at radius 3 is 3.00 bits per heavy atom. The highest BCUT2D eigenvalue weighted by Gasteiger charge is 2.19. The van der Waals surface area contributed by atoms with E-state index in [0.29, 0.717) is 5.75 Å². The first-order valence-electron chi connectivity index (χ1n) is 3.37. The lowest BCUT2D eigenvalue weighted by Crippen LogP contribution is -2.18. The van der Waals surface area contributed by atoms with Gasteiger partial charge in [-0.05, 0) is 18.2 Å². The summed E-state index contributed by atoms with van der Waals surface area (Å²) in [5.41, 5.74) is 0.140. The molecule has 0 fully saturated rings. The third-order valence-electron chi connectivity index (χ3n) is 1.57. The van der Waals surface area contributed by atoms with Crippen molar-refractivity contribution in [3.05, 3.63) is 29.6 Å². The molecule has 3 nitrogen and oxygen atoms in total. The number of hydrogen-bond acceptors (Lipinski definition) is 3. The SMILES string of the molecule is O=C1OCOc2ccc(F)cc21. The van der Waals surface area contributed by atoms with Crippen LogP contribution in [0.1, 0.15) is 10.4 Å². The predicted molar refractivity (Wildman–Crippen MR) is 37.3 cm³/mol. The third kappa shape index (κ3) is 1.01. The zero-order valence-corrected chi connectivity index (χ0v) is 6.04. The fourth-order valence-electron chi connectivity index (χ4n) is 1.01. The smallest absolute Gasteiger partial charge is 0.344 e. The Morgan fingerprint density at radius 1 is 1.33 bits per heavy atom. The van der Waals surface area contributed by atoms with Crippen LogP contribution in [0.2, 0.25) is 0 Å². The van der Waals surface area contributed by atoms with Gasteiger partial charge in [0, 0.05) is 0 Å². The fourth-order valence-corrected chi connectivity index (χ4v) is 1.01. The lowest BCUT2D eigenvalue weighted by molar-refractivity contribution is 0.00479. The van der Waals surface area contributed by atoms with E-state index in [1.165, 1.54) is 12.1 Å². The van der Waals surface area contributed by atoms with Crippen LogP contribution in [-0.4, -0.2) is 12.8 Å². The second-order valence-corrected chi connectivity index (χ2v) is 2.33. The minimum absolute atomic E-state index is 0.0997. The van der Waals surface area contributed by atoms with Crippen LogP contribution in [0.3, 0.4) is 0 Å². The molecule has 0 radical (unpaired) electrons. The van der Waals surface area contributed by atoms with E-state index in [2.05, 4.69) is 4.74 Å². The Balaban J connectivity index is 2.54. The Morgan fingerprint density at radius 2 is 2.17 bits per heavy atom. The van der Waals surface area contributed by atoms with Gasteiger partial charge in [0.2, 0.25) is 6.79 Å². The van der Waals surface area contributed by atoms with Gasteiger partial charge in [0.05, 0.1) is 0 Å². The number of benzene rings is 1. The average Bonchev–Trinajstić information content (AvgIpc) is 2.07. The number of esters is 1. The monoisotopic (exact) mass is 168 g/mol. The molecule has 0 saturated carbocycles. The lowest BCUT2D eigenvalue weighted by atomic mass is 10.2. The van der Waals surface area contributed by atoms with Gasteiger partial charge in [0.1, 0.15) is 17.1 Å². The summed E-state index contributed by atoms with van der Waals surface area (Å²) in [6, 6.07) is 3.74. The molecule has 1 aromatic rings. The zero-order valence-electron chi connectivity index (χ0n) is 6.04. The van der Waals surface area contributed by atoms with Crippen molar-refractivity contribution in [1.29, 1.82) is 0 Å². The molecule has 1 aliphatic rings. The summed E-state index contributed by atoms with van der Waals surface area (Å²) < 4.78 is 22.1. The predicted octanol–water partition coefficient (Wildman–Crippen LogP) is 1.33. The quantitative estimate of drug-likeness (QED) is 0.548. The van der Waals surface area contributed by atoms with Gasteiger partial charge in [-0.3, -0.25) is 0 Å². The van der Waals surface area contributed by atoms with Gasteiger partial charge in [-0.1, -0.05) is 0 Å². The molecular formula is C8H5FO3. The molecule has 0 atom stereocenters. The summed E-state index contributed by atoms with van der Waals surface area (Å²) in [6.45, 7) is -0.0997. The van der Waals surface area contributed by atoms with Crippen molar-refractivity contribution in [2.75, 3.05) is 6.79 Å². The maximum atomic E-state index is 12.6. The van der Waals surface area contributed by atoms with Gasteiger partial charge in [0.15, 0.2) is 0 Å². The third-order valence-corrected chi connectivity index (χ3v) is 1.57. The van der Waals surface area contributed by atoms with Gasteiger partial charge >= 0.3 is 5.97 Å². The molecule has 0 bridgehead atoms. The Kier molecular flexibility index (Phi) is 1.46. The van der Waals surface area contributed by atoms with E-state index in [9.17, 15) is 9.18 Å². The van der Waals surface area contributed by atoms with Crippen molar-refractivity contribution in [3.8, 4) is 5.75 Å². The average molecular weight is 168 g/mol. The first-order valence-corrected chi connectivity index (χ1v) is 3.37. The zero-order chi connectivity index (χ0) is 8.55. The van der Waals surface area contributed by atoms with Crippen molar-refractivity contribution in [2.24, 2.45) is 0 Å². The number of hydrogen-bond donors (Lipinski definition) is 0. The largest absolute Gasteiger partial charge is 0.456 e. The van der Waals surface area contributed by atoms with E-state index >= 15 is 0 Å². The number of cyclic esters (lactones) is 1. The Bertz CT molecular complexity index is 335. The molecule has 0 aromatic heterocycles. The molecule has 1 heterocycles. The van der Waals surface area contributed by atoms with E-state index in [4.69, 9.17) is 4.74 Å². The topological polar surface area (TPSA) is 35.5 Å². The maximum absolute atomic E-state index is 12.6. The number of halogens is 1. The highest BCUT2D eigenvalue weighted by Crippen LogP contribution is 2.23. The lowest BCUT2D eigenvalue weighted by Gasteiger charge is -2.15. The van der Waals surface area contributed by atoms with Crippen molar-refractivity contribution in [2.45, 2.75) is 0 Å². The van der Waals surface area contributed by atoms with Crippen LogP contribution in [0, 0.1) is 5.82 Å². The van der Waals surface area contributed by atoms with Crippen molar-refractivity contribution < 1.29 is 18.7 Å². The number of ether oxygens (including phenoxy) is 2. The van der Waals surface area contributed by atoms with Crippen LogP contribution < -0.4 is 4.74 Å². The fraction of sp³-hybridized carbons (Fsp3) is 0.125. The van der Waals surface area contributed by atoms with Crippen molar-refractivity contribution >= 4 is 5.97 Å². The summed E-state index contributed by atoms with van der Waals surface area (Å²) in [6.07, 6.45) is 0.